The van der Waals surface area contributed by atoms with E-state index in [1.807, 2.05) is 18.3 Å². The van der Waals surface area contributed by atoms with E-state index in [2.05, 4.69) is 82.3 Å². The number of rotatable bonds is 6. The SMILES string of the molecule is CCCCN1C(=S)N[C@H](c2ccccn2)[C@@H]1c1cccn1-c1cccc(C)c1. The third kappa shape index (κ3) is 3.54. The number of nitrogens with zero attached hydrogens (tertiary/aromatic N) is 3. The highest BCUT2D eigenvalue weighted by molar-refractivity contribution is 7.80. The van der Waals surface area contributed by atoms with Gasteiger partial charge in [-0.3, -0.25) is 4.98 Å². The number of hydrogen-bond donors (Lipinski definition) is 1. The molecule has 1 aliphatic rings. The molecule has 0 aliphatic carbocycles. The second-order valence-electron chi connectivity index (χ2n) is 7.32. The second-order valence-corrected chi connectivity index (χ2v) is 7.70. The topological polar surface area (TPSA) is 33.1 Å². The summed E-state index contributed by atoms with van der Waals surface area (Å²) in [5.74, 6) is 0. The number of unbranched alkanes of at least 4 members (excludes halogenated alkanes) is 1. The largest absolute Gasteiger partial charge is 0.352 e. The molecule has 0 bridgehead atoms. The smallest absolute Gasteiger partial charge is 0.170 e. The summed E-state index contributed by atoms with van der Waals surface area (Å²) in [7, 11) is 0. The molecule has 1 saturated heterocycles. The monoisotopic (exact) mass is 390 g/mol. The molecule has 28 heavy (non-hydrogen) atoms. The van der Waals surface area contributed by atoms with Crippen molar-refractivity contribution in [3.05, 3.63) is 83.9 Å². The van der Waals surface area contributed by atoms with Gasteiger partial charge >= 0.3 is 0 Å². The summed E-state index contributed by atoms with van der Waals surface area (Å²) in [6.07, 6.45) is 6.24. The molecule has 2 atom stereocenters. The van der Waals surface area contributed by atoms with E-state index >= 15 is 0 Å². The molecule has 1 aromatic carbocycles. The lowest BCUT2D eigenvalue weighted by Gasteiger charge is -2.29. The van der Waals surface area contributed by atoms with Gasteiger partial charge in [-0.1, -0.05) is 31.5 Å². The van der Waals surface area contributed by atoms with E-state index in [4.69, 9.17) is 12.2 Å². The van der Waals surface area contributed by atoms with Gasteiger partial charge in [0.1, 0.15) is 0 Å². The fourth-order valence-corrected chi connectivity index (χ4v) is 4.28. The first-order valence-electron chi connectivity index (χ1n) is 9.91. The van der Waals surface area contributed by atoms with Gasteiger partial charge in [-0.2, -0.15) is 0 Å². The molecule has 0 saturated carbocycles. The third-order valence-electron chi connectivity index (χ3n) is 5.31. The Morgan fingerprint density at radius 2 is 2.00 bits per heavy atom. The molecule has 1 aliphatic heterocycles. The van der Waals surface area contributed by atoms with Crippen LogP contribution in [0.15, 0.2) is 67.0 Å². The van der Waals surface area contributed by atoms with E-state index in [1.165, 1.54) is 16.9 Å². The van der Waals surface area contributed by atoms with Crippen molar-refractivity contribution >= 4 is 17.3 Å². The lowest BCUT2D eigenvalue weighted by molar-refractivity contribution is 0.304. The quantitative estimate of drug-likeness (QED) is 0.604. The number of thiocarbonyl (C=S) groups is 1. The molecule has 4 nitrogen and oxygen atoms in total. The summed E-state index contributed by atoms with van der Waals surface area (Å²) >= 11 is 5.74. The number of pyridine rings is 1. The highest BCUT2D eigenvalue weighted by atomic mass is 32.1. The lowest BCUT2D eigenvalue weighted by Crippen LogP contribution is -2.31. The normalized spacial score (nSPS) is 19.1. The summed E-state index contributed by atoms with van der Waals surface area (Å²) in [5, 5.41) is 4.35. The van der Waals surface area contributed by atoms with Gasteiger partial charge in [0, 0.05) is 30.3 Å². The fraction of sp³-hybridized carbons (Fsp3) is 0.304. The number of nitrogens with one attached hydrogen (secondary N) is 1. The first kappa shape index (κ1) is 18.7. The molecule has 4 rings (SSSR count). The number of aryl methyl sites for hydroxylation is 1. The van der Waals surface area contributed by atoms with Crippen molar-refractivity contribution in [1.29, 1.82) is 0 Å². The predicted molar refractivity (Wildman–Crippen MR) is 118 cm³/mol. The summed E-state index contributed by atoms with van der Waals surface area (Å²) in [6.45, 7) is 5.28. The molecule has 0 spiro atoms. The van der Waals surface area contributed by atoms with Gasteiger partial charge < -0.3 is 14.8 Å². The third-order valence-corrected chi connectivity index (χ3v) is 5.67. The Bertz CT molecular complexity index is 950. The van der Waals surface area contributed by atoms with Crippen LogP contribution in [-0.2, 0) is 0 Å². The van der Waals surface area contributed by atoms with E-state index in [0.29, 0.717) is 0 Å². The molecule has 1 fully saturated rings. The van der Waals surface area contributed by atoms with E-state index in [1.54, 1.807) is 0 Å². The molecular weight excluding hydrogens is 364 g/mol. The summed E-state index contributed by atoms with van der Waals surface area (Å²) in [6, 6.07) is 19.1. The minimum Gasteiger partial charge on any atom is -0.352 e. The van der Waals surface area contributed by atoms with Crippen LogP contribution < -0.4 is 5.32 Å². The van der Waals surface area contributed by atoms with E-state index in [9.17, 15) is 0 Å². The van der Waals surface area contributed by atoms with Crippen LogP contribution in [0.25, 0.3) is 5.69 Å². The van der Waals surface area contributed by atoms with Crippen LogP contribution in [0.2, 0.25) is 0 Å². The number of aromatic nitrogens is 2. The minimum absolute atomic E-state index is 0.0315. The van der Waals surface area contributed by atoms with Gasteiger partial charge in [0.2, 0.25) is 0 Å². The Labute approximate surface area is 172 Å². The molecule has 0 amide bonds. The van der Waals surface area contributed by atoms with Crippen LogP contribution in [0, 0.1) is 6.92 Å². The number of benzene rings is 1. The van der Waals surface area contributed by atoms with E-state index in [0.717, 1.165) is 30.2 Å². The Morgan fingerprint density at radius 1 is 1.11 bits per heavy atom. The molecular formula is C23H26N4S. The molecule has 2 aromatic heterocycles. The fourth-order valence-electron chi connectivity index (χ4n) is 3.94. The van der Waals surface area contributed by atoms with Gasteiger partial charge in [0.05, 0.1) is 17.8 Å². The minimum atomic E-state index is 0.0315. The zero-order valence-electron chi connectivity index (χ0n) is 16.4. The Morgan fingerprint density at radius 3 is 2.75 bits per heavy atom. The van der Waals surface area contributed by atoms with Crippen molar-refractivity contribution in [2.45, 2.75) is 38.8 Å². The first-order valence-corrected chi connectivity index (χ1v) is 10.3. The Kier molecular flexibility index (Phi) is 5.44. The molecule has 0 unspecified atom stereocenters. The first-order chi connectivity index (χ1) is 13.7. The Hall–Kier alpha value is -2.66. The highest BCUT2D eigenvalue weighted by Crippen LogP contribution is 2.39. The average Bonchev–Trinajstić information content (AvgIpc) is 3.31. The van der Waals surface area contributed by atoms with Crippen LogP contribution in [0.4, 0.5) is 0 Å². The predicted octanol–water partition coefficient (Wildman–Crippen LogP) is 4.95. The standard InChI is InChI=1S/C23H26N4S/c1-3-4-14-27-22(21(25-23(27)28)19-11-5-6-13-24-19)20-12-8-15-26(20)18-10-7-9-17(2)16-18/h5-13,15-16,21-22H,3-4,14H2,1-2H3,(H,25,28)/t21-,22+/m1/s1. The molecule has 5 heteroatoms. The van der Waals surface area contributed by atoms with Crippen LogP contribution in [0.3, 0.4) is 0 Å². The van der Waals surface area contributed by atoms with Crippen LogP contribution in [0.5, 0.6) is 0 Å². The van der Waals surface area contributed by atoms with Crippen molar-refractivity contribution in [3.8, 4) is 5.69 Å². The Balaban J connectivity index is 1.79. The molecule has 144 valence electrons. The maximum Gasteiger partial charge on any atom is 0.170 e. The van der Waals surface area contributed by atoms with Crippen molar-refractivity contribution in [2.24, 2.45) is 0 Å². The van der Waals surface area contributed by atoms with Crippen LogP contribution in [0.1, 0.15) is 48.8 Å². The van der Waals surface area contributed by atoms with E-state index < -0.39 is 0 Å². The zero-order valence-corrected chi connectivity index (χ0v) is 17.2. The van der Waals surface area contributed by atoms with Crippen molar-refractivity contribution in [1.82, 2.24) is 19.8 Å². The molecule has 3 aromatic rings. The van der Waals surface area contributed by atoms with Gasteiger partial charge in [-0.25, -0.2) is 0 Å². The molecule has 3 heterocycles. The van der Waals surface area contributed by atoms with Crippen molar-refractivity contribution in [3.63, 3.8) is 0 Å². The van der Waals surface area contributed by atoms with Gasteiger partial charge in [-0.15, -0.1) is 0 Å². The summed E-state index contributed by atoms with van der Waals surface area (Å²) in [5.41, 5.74) is 4.67. The van der Waals surface area contributed by atoms with Gasteiger partial charge in [0.25, 0.3) is 0 Å². The summed E-state index contributed by atoms with van der Waals surface area (Å²) in [4.78, 5) is 6.96. The second kappa shape index (κ2) is 8.15. The van der Waals surface area contributed by atoms with Gasteiger partial charge in [0.15, 0.2) is 5.11 Å². The maximum atomic E-state index is 5.74. The lowest BCUT2D eigenvalue weighted by atomic mass is 10.0. The zero-order chi connectivity index (χ0) is 19.5. The van der Waals surface area contributed by atoms with E-state index in [-0.39, 0.29) is 12.1 Å². The maximum absolute atomic E-state index is 5.74. The van der Waals surface area contributed by atoms with Crippen LogP contribution in [-0.4, -0.2) is 26.1 Å². The van der Waals surface area contributed by atoms with Gasteiger partial charge in [-0.05, 0) is 67.5 Å². The average molecular weight is 391 g/mol. The highest BCUT2D eigenvalue weighted by Gasteiger charge is 2.40. The van der Waals surface area contributed by atoms with Crippen molar-refractivity contribution in [2.75, 3.05) is 6.54 Å². The molecule has 0 radical (unpaired) electrons. The number of hydrogen-bond acceptors (Lipinski definition) is 2. The summed E-state index contributed by atoms with van der Waals surface area (Å²) < 4.78 is 2.28. The van der Waals surface area contributed by atoms with Crippen LogP contribution >= 0.6 is 12.2 Å². The molecule has 1 N–H and O–H groups in total. The van der Waals surface area contributed by atoms with Crippen molar-refractivity contribution < 1.29 is 0 Å².